The Morgan fingerprint density at radius 2 is 2.28 bits per heavy atom. The lowest BCUT2D eigenvalue weighted by Gasteiger charge is -2.17. The first-order valence-corrected chi connectivity index (χ1v) is 7.38. The van der Waals surface area contributed by atoms with Gasteiger partial charge in [0.05, 0.1) is 23.9 Å². The number of sulfonamides is 1. The van der Waals surface area contributed by atoms with E-state index in [2.05, 4.69) is 0 Å². The lowest BCUT2D eigenvalue weighted by atomic mass is 10.2. The second kappa shape index (κ2) is 5.23. The van der Waals surface area contributed by atoms with Crippen LogP contribution in [0.1, 0.15) is 18.4 Å². The minimum absolute atomic E-state index is 0.224. The van der Waals surface area contributed by atoms with Crippen molar-refractivity contribution in [1.82, 2.24) is 0 Å². The average Bonchev–Trinajstić information content (AvgIpc) is 2.70. The van der Waals surface area contributed by atoms with Crippen LogP contribution in [0.2, 0.25) is 0 Å². The number of nitriles is 1. The predicted octanol–water partition coefficient (Wildman–Crippen LogP) is 2.15. The molecule has 0 aromatic heterocycles. The number of benzene rings is 1. The van der Waals surface area contributed by atoms with Gasteiger partial charge in [-0.2, -0.15) is 5.26 Å². The zero-order chi connectivity index (χ0) is 13.0. The molecule has 1 aliphatic rings. The first-order chi connectivity index (χ1) is 8.63. The maximum atomic E-state index is 11.8. The molecule has 1 aromatic rings. The molecule has 0 N–H and O–H groups in total. The minimum atomic E-state index is -3.13. The summed E-state index contributed by atoms with van der Waals surface area (Å²) < 4.78 is 25.1. The monoisotopic (exact) mass is 262 g/mol. The Morgan fingerprint density at radius 1 is 1.44 bits per heavy atom. The van der Waals surface area contributed by atoms with E-state index >= 15 is 0 Å². The van der Waals surface area contributed by atoms with Gasteiger partial charge < -0.3 is 0 Å². The normalized spacial score (nSPS) is 18.1. The molecule has 5 heteroatoms. The molecule has 4 nitrogen and oxygen atoms in total. The zero-order valence-corrected chi connectivity index (χ0v) is 10.7. The molecular weight excluding hydrogens is 248 g/mol. The molecule has 0 radical (unpaired) electrons. The van der Waals surface area contributed by atoms with Gasteiger partial charge >= 0.3 is 0 Å². The zero-order valence-electron chi connectivity index (χ0n) is 9.91. The van der Waals surface area contributed by atoms with Gasteiger partial charge in [-0.05, 0) is 24.1 Å². The van der Waals surface area contributed by atoms with Crippen LogP contribution >= 0.6 is 0 Å². The fourth-order valence-corrected chi connectivity index (χ4v) is 3.52. The molecule has 1 aromatic carbocycles. The molecule has 18 heavy (non-hydrogen) atoms. The third kappa shape index (κ3) is 2.71. The van der Waals surface area contributed by atoms with Gasteiger partial charge in [0.2, 0.25) is 10.0 Å². The van der Waals surface area contributed by atoms with Crippen LogP contribution in [-0.4, -0.2) is 20.7 Å². The molecule has 0 unspecified atom stereocenters. The number of hydrogen-bond acceptors (Lipinski definition) is 3. The van der Waals surface area contributed by atoms with Gasteiger partial charge in [-0.15, -0.1) is 0 Å². The summed E-state index contributed by atoms with van der Waals surface area (Å²) in [5, 5.41) is 8.45. The van der Waals surface area contributed by atoms with Crippen LogP contribution < -0.4 is 4.31 Å². The summed E-state index contributed by atoms with van der Waals surface area (Å²) >= 11 is 0. The van der Waals surface area contributed by atoms with Crippen molar-refractivity contribution in [1.29, 1.82) is 5.26 Å². The van der Waals surface area contributed by atoms with Crippen LogP contribution in [0.15, 0.2) is 30.3 Å². The minimum Gasteiger partial charge on any atom is -0.270 e. The van der Waals surface area contributed by atoms with Crippen LogP contribution in [0.3, 0.4) is 0 Å². The van der Waals surface area contributed by atoms with Crippen molar-refractivity contribution >= 4 is 21.8 Å². The molecule has 1 saturated heterocycles. The van der Waals surface area contributed by atoms with Crippen LogP contribution in [0.4, 0.5) is 5.69 Å². The third-order valence-corrected chi connectivity index (χ3v) is 4.65. The maximum Gasteiger partial charge on any atom is 0.235 e. The van der Waals surface area contributed by atoms with E-state index in [9.17, 15) is 8.42 Å². The lowest BCUT2D eigenvalue weighted by molar-refractivity contribution is 0.599. The fraction of sp³-hybridized carbons (Fsp3) is 0.308. The molecular formula is C13H14N2O2S. The Bertz CT molecular complexity index is 600. The van der Waals surface area contributed by atoms with E-state index in [4.69, 9.17) is 5.26 Å². The van der Waals surface area contributed by atoms with Crippen molar-refractivity contribution in [3.8, 4) is 6.07 Å². The molecule has 0 bridgehead atoms. The summed E-state index contributed by atoms with van der Waals surface area (Å²) in [5.41, 5.74) is 1.61. The number of hydrogen-bond donors (Lipinski definition) is 0. The summed E-state index contributed by atoms with van der Waals surface area (Å²) in [7, 11) is -3.13. The van der Waals surface area contributed by atoms with E-state index in [1.807, 2.05) is 30.3 Å². The van der Waals surface area contributed by atoms with Crippen LogP contribution in [0.5, 0.6) is 0 Å². The van der Waals surface area contributed by atoms with Gasteiger partial charge in [-0.25, -0.2) is 8.42 Å². The van der Waals surface area contributed by atoms with Crippen molar-refractivity contribution in [3.05, 3.63) is 35.9 Å². The third-order valence-electron chi connectivity index (χ3n) is 2.78. The van der Waals surface area contributed by atoms with Crippen LogP contribution in [0.25, 0.3) is 6.08 Å². The summed E-state index contributed by atoms with van der Waals surface area (Å²) in [5.74, 6) is 0.224. The highest BCUT2D eigenvalue weighted by molar-refractivity contribution is 7.93. The van der Waals surface area contributed by atoms with Crippen molar-refractivity contribution in [3.63, 3.8) is 0 Å². The quantitative estimate of drug-likeness (QED) is 0.838. The summed E-state index contributed by atoms with van der Waals surface area (Å²) in [6, 6.07) is 9.37. The van der Waals surface area contributed by atoms with Crippen molar-refractivity contribution in [2.75, 3.05) is 16.6 Å². The molecule has 0 aliphatic carbocycles. The smallest absolute Gasteiger partial charge is 0.235 e. The summed E-state index contributed by atoms with van der Waals surface area (Å²) in [4.78, 5) is 0. The van der Waals surface area contributed by atoms with Gasteiger partial charge in [-0.1, -0.05) is 24.3 Å². The number of nitrogens with zero attached hydrogens (tertiary/aromatic N) is 2. The van der Waals surface area contributed by atoms with E-state index in [1.165, 1.54) is 4.31 Å². The highest BCUT2D eigenvalue weighted by Crippen LogP contribution is 2.25. The van der Waals surface area contributed by atoms with E-state index < -0.39 is 10.0 Å². The SMILES string of the molecule is N#CCC=Cc1cccc(N2CCCS2(=O)=O)c1. The van der Waals surface area contributed by atoms with E-state index in [0.717, 1.165) is 5.56 Å². The van der Waals surface area contributed by atoms with Crippen LogP contribution in [0, 0.1) is 11.3 Å². The maximum absolute atomic E-state index is 11.8. The number of allylic oxidation sites excluding steroid dienone is 1. The molecule has 0 saturated carbocycles. The standard InChI is InChI=1S/C13H14N2O2S/c14-8-2-1-5-12-6-3-7-13(11-12)15-9-4-10-18(15,16)17/h1,3,5-7,11H,2,4,9-10H2. The van der Waals surface area contributed by atoms with Crippen molar-refractivity contribution in [2.45, 2.75) is 12.8 Å². The molecule has 1 fully saturated rings. The van der Waals surface area contributed by atoms with E-state index in [0.29, 0.717) is 25.1 Å². The van der Waals surface area contributed by atoms with E-state index in [-0.39, 0.29) is 5.75 Å². The van der Waals surface area contributed by atoms with Gasteiger partial charge in [0.1, 0.15) is 0 Å². The Hall–Kier alpha value is -1.80. The van der Waals surface area contributed by atoms with Crippen molar-refractivity contribution in [2.24, 2.45) is 0 Å². The van der Waals surface area contributed by atoms with Crippen LogP contribution in [-0.2, 0) is 10.0 Å². The molecule has 0 spiro atoms. The fourth-order valence-electron chi connectivity index (χ4n) is 1.96. The predicted molar refractivity (Wildman–Crippen MR) is 71.5 cm³/mol. The summed E-state index contributed by atoms with van der Waals surface area (Å²) in [6.45, 7) is 0.549. The lowest BCUT2D eigenvalue weighted by Crippen LogP contribution is -2.24. The molecule has 0 amide bonds. The van der Waals surface area contributed by atoms with Crippen molar-refractivity contribution < 1.29 is 8.42 Å². The molecule has 1 aliphatic heterocycles. The van der Waals surface area contributed by atoms with Gasteiger partial charge in [0.15, 0.2) is 0 Å². The first kappa shape index (κ1) is 12.7. The Balaban J connectivity index is 2.25. The first-order valence-electron chi connectivity index (χ1n) is 5.77. The second-order valence-corrected chi connectivity index (χ2v) is 6.11. The molecule has 2 rings (SSSR count). The molecule has 1 heterocycles. The van der Waals surface area contributed by atoms with E-state index in [1.54, 1.807) is 12.1 Å². The van der Waals surface area contributed by atoms with Gasteiger partial charge in [-0.3, -0.25) is 4.31 Å². The second-order valence-electron chi connectivity index (χ2n) is 4.10. The average molecular weight is 262 g/mol. The Morgan fingerprint density at radius 3 is 2.94 bits per heavy atom. The molecule has 94 valence electrons. The molecule has 0 atom stereocenters. The number of anilines is 1. The largest absolute Gasteiger partial charge is 0.270 e. The Labute approximate surface area is 107 Å². The summed E-state index contributed by atoms with van der Waals surface area (Å²) in [6.07, 6.45) is 4.62. The highest BCUT2D eigenvalue weighted by atomic mass is 32.2. The van der Waals surface area contributed by atoms with Gasteiger partial charge in [0.25, 0.3) is 0 Å². The highest BCUT2D eigenvalue weighted by Gasteiger charge is 2.28. The van der Waals surface area contributed by atoms with Gasteiger partial charge in [0, 0.05) is 6.54 Å². The Kier molecular flexibility index (Phi) is 3.68. The number of rotatable bonds is 3. The topological polar surface area (TPSA) is 61.2 Å².